The molecule has 3 heteroatoms. The maximum atomic E-state index is 12.3. The van der Waals surface area contributed by atoms with Gasteiger partial charge in [0.1, 0.15) is 0 Å². The standard InChI is InChI=1S/C16H24N2O/c1-3-7-17-8-10-18(11-9-17)16(19)13-15-6-4-5-14(2)12-15/h4-6,12H,3,7-11,13H2,1-2H3/p+1. The largest absolute Gasteiger partial charge is 0.332 e. The Hall–Kier alpha value is -1.35. The molecular weight excluding hydrogens is 236 g/mol. The third-order valence-corrected chi connectivity index (χ3v) is 3.86. The Kier molecular flexibility index (Phi) is 4.97. The molecule has 104 valence electrons. The summed E-state index contributed by atoms with van der Waals surface area (Å²) in [4.78, 5) is 15.9. The zero-order chi connectivity index (χ0) is 13.7. The number of amides is 1. The van der Waals surface area contributed by atoms with Crippen LogP contribution in [0.3, 0.4) is 0 Å². The molecule has 1 aliphatic heterocycles. The number of aryl methyl sites for hydroxylation is 1. The Morgan fingerprint density at radius 2 is 2.05 bits per heavy atom. The number of carbonyl (C=O) groups is 1. The molecule has 0 atom stereocenters. The van der Waals surface area contributed by atoms with E-state index in [1.54, 1.807) is 4.90 Å². The molecule has 1 aromatic rings. The molecule has 1 N–H and O–H groups in total. The second kappa shape index (κ2) is 6.71. The molecular formula is C16H25N2O+. The minimum atomic E-state index is 0.279. The van der Waals surface area contributed by atoms with Gasteiger partial charge in [0.25, 0.3) is 0 Å². The van der Waals surface area contributed by atoms with Crippen molar-refractivity contribution in [2.24, 2.45) is 0 Å². The van der Waals surface area contributed by atoms with E-state index >= 15 is 0 Å². The molecule has 1 heterocycles. The molecule has 0 unspecified atom stereocenters. The summed E-state index contributed by atoms with van der Waals surface area (Å²) < 4.78 is 0. The van der Waals surface area contributed by atoms with Gasteiger partial charge < -0.3 is 9.80 Å². The topological polar surface area (TPSA) is 24.8 Å². The van der Waals surface area contributed by atoms with E-state index in [1.807, 2.05) is 17.0 Å². The van der Waals surface area contributed by atoms with Gasteiger partial charge in [0, 0.05) is 0 Å². The van der Waals surface area contributed by atoms with Gasteiger partial charge in [-0.2, -0.15) is 0 Å². The Morgan fingerprint density at radius 3 is 2.68 bits per heavy atom. The van der Waals surface area contributed by atoms with Crippen LogP contribution in [-0.4, -0.2) is 43.5 Å². The number of nitrogens with zero attached hydrogens (tertiary/aromatic N) is 1. The van der Waals surface area contributed by atoms with Gasteiger partial charge in [0.05, 0.1) is 39.1 Å². The van der Waals surface area contributed by atoms with Crippen molar-refractivity contribution in [1.82, 2.24) is 4.90 Å². The average molecular weight is 261 g/mol. The molecule has 0 radical (unpaired) electrons. The molecule has 0 spiro atoms. The number of benzene rings is 1. The van der Waals surface area contributed by atoms with Gasteiger partial charge in [-0.15, -0.1) is 0 Å². The van der Waals surface area contributed by atoms with E-state index in [0.29, 0.717) is 6.42 Å². The molecule has 0 bridgehead atoms. The first-order valence-corrected chi connectivity index (χ1v) is 7.36. The van der Waals surface area contributed by atoms with Crippen molar-refractivity contribution in [1.29, 1.82) is 0 Å². The molecule has 1 aromatic carbocycles. The summed E-state index contributed by atoms with van der Waals surface area (Å²) >= 11 is 0. The molecule has 1 fully saturated rings. The van der Waals surface area contributed by atoms with E-state index < -0.39 is 0 Å². The van der Waals surface area contributed by atoms with E-state index in [0.717, 1.165) is 31.7 Å². The Balaban J connectivity index is 1.84. The van der Waals surface area contributed by atoms with Crippen LogP contribution in [0.2, 0.25) is 0 Å². The van der Waals surface area contributed by atoms with Crippen LogP contribution in [-0.2, 0) is 11.2 Å². The van der Waals surface area contributed by atoms with Crippen LogP contribution < -0.4 is 4.90 Å². The van der Waals surface area contributed by atoms with Gasteiger partial charge in [-0.1, -0.05) is 36.8 Å². The van der Waals surface area contributed by atoms with E-state index in [-0.39, 0.29) is 5.91 Å². The fraction of sp³-hybridized carbons (Fsp3) is 0.562. The quantitative estimate of drug-likeness (QED) is 0.847. The first-order chi connectivity index (χ1) is 9.19. The van der Waals surface area contributed by atoms with Crippen LogP contribution in [0.15, 0.2) is 24.3 Å². The molecule has 19 heavy (non-hydrogen) atoms. The zero-order valence-corrected chi connectivity index (χ0v) is 12.1. The summed E-state index contributed by atoms with van der Waals surface area (Å²) in [6.07, 6.45) is 1.78. The van der Waals surface area contributed by atoms with Crippen LogP contribution in [0.1, 0.15) is 24.5 Å². The Bertz CT molecular complexity index is 423. The van der Waals surface area contributed by atoms with Crippen LogP contribution in [0.4, 0.5) is 0 Å². The van der Waals surface area contributed by atoms with Crippen molar-refractivity contribution in [2.45, 2.75) is 26.7 Å². The summed E-state index contributed by atoms with van der Waals surface area (Å²) in [7, 11) is 0. The van der Waals surface area contributed by atoms with Crippen molar-refractivity contribution >= 4 is 5.91 Å². The highest BCUT2D eigenvalue weighted by Crippen LogP contribution is 2.06. The van der Waals surface area contributed by atoms with Gasteiger partial charge in [0.15, 0.2) is 0 Å². The number of nitrogens with one attached hydrogen (secondary N) is 1. The lowest BCUT2D eigenvalue weighted by Crippen LogP contribution is -3.14. The number of hydrogen-bond donors (Lipinski definition) is 1. The minimum absolute atomic E-state index is 0.279. The number of carbonyl (C=O) groups excluding carboxylic acids is 1. The Morgan fingerprint density at radius 1 is 1.32 bits per heavy atom. The minimum Gasteiger partial charge on any atom is -0.332 e. The first kappa shape index (κ1) is 14.1. The predicted molar refractivity (Wildman–Crippen MR) is 77.3 cm³/mol. The highest BCUT2D eigenvalue weighted by atomic mass is 16.2. The molecule has 0 aliphatic carbocycles. The summed E-state index contributed by atoms with van der Waals surface area (Å²) in [5, 5.41) is 0. The van der Waals surface area contributed by atoms with Crippen molar-refractivity contribution < 1.29 is 9.69 Å². The highest BCUT2D eigenvalue weighted by Gasteiger charge is 2.22. The highest BCUT2D eigenvalue weighted by molar-refractivity contribution is 5.78. The van der Waals surface area contributed by atoms with E-state index in [4.69, 9.17) is 0 Å². The maximum Gasteiger partial charge on any atom is 0.227 e. The molecule has 1 aliphatic rings. The SMILES string of the molecule is CCC[NH+]1CCN(C(=O)Cc2cccc(C)c2)CC1. The van der Waals surface area contributed by atoms with Crippen molar-refractivity contribution in [3.63, 3.8) is 0 Å². The molecule has 0 saturated carbocycles. The van der Waals surface area contributed by atoms with Crippen LogP contribution in [0.25, 0.3) is 0 Å². The fourth-order valence-corrected chi connectivity index (χ4v) is 2.78. The summed E-state index contributed by atoms with van der Waals surface area (Å²) in [6.45, 7) is 9.57. The first-order valence-electron chi connectivity index (χ1n) is 7.36. The second-order valence-corrected chi connectivity index (χ2v) is 5.55. The molecule has 0 aromatic heterocycles. The van der Waals surface area contributed by atoms with Gasteiger partial charge in [0.2, 0.25) is 5.91 Å². The second-order valence-electron chi connectivity index (χ2n) is 5.55. The normalized spacial score (nSPS) is 16.6. The Labute approximate surface area is 116 Å². The zero-order valence-electron chi connectivity index (χ0n) is 12.1. The lowest BCUT2D eigenvalue weighted by molar-refractivity contribution is -0.904. The van der Waals surface area contributed by atoms with Gasteiger partial charge in [-0.05, 0) is 18.9 Å². The van der Waals surface area contributed by atoms with Crippen molar-refractivity contribution in [2.75, 3.05) is 32.7 Å². The fourth-order valence-electron chi connectivity index (χ4n) is 2.78. The summed E-state index contributed by atoms with van der Waals surface area (Å²) in [6, 6.07) is 8.25. The molecule has 1 saturated heterocycles. The smallest absolute Gasteiger partial charge is 0.227 e. The number of piperazine rings is 1. The molecule has 1 amide bonds. The maximum absolute atomic E-state index is 12.3. The number of quaternary nitrogens is 1. The van der Waals surface area contributed by atoms with Crippen molar-refractivity contribution in [3.8, 4) is 0 Å². The van der Waals surface area contributed by atoms with Crippen LogP contribution >= 0.6 is 0 Å². The third-order valence-electron chi connectivity index (χ3n) is 3.86. The van der Waals surface area contributed by atoms with E-state index in [1.165, 1.54) is 18.5 Å². The summed E-state index contributed by atoms with van der Waals surface area (Å²) in [5.74, 6) is 0.279. The predicted octanol–water partition coefficient (Wildman–Crippen LogP) is 0.675. The third kappa shape index (κ3) is 4.06. The lowest BCUT2D eigenvalue weighted by Gasteiger charge is -2.32. The summed E-state index contributed by atoms with van der Waals surface area (Å²) in [5.41, 5.74) is 2.36. The van der Waals surface area contributed by atoms with Gasteiger partial charge >= 0.3 is 0 Å². The average Bonchev–Trinajstić information content (AvgIpc) is 2.40. The van der Waals surface area contributed by atoms with Gasteiger partial charge in [-0.3, -0.25) is 4.79 Å². The monoisotopic (exact) mass is 261 g/mol. The van der Waals surface area contributed by atoms with E-state index in [9.17, 15) is 4.79 Å². The number of hydrogen-bond acceptors (Lipinski definition) is 1. The van der Waals surface area contributed by atoms with Crippen LogP contribution in [0, 0.1) is 6.92 Å². The number of rotatable bonds is 4. The molecule has 2 rings (SSSR count). The lowest BCUT2D eigenvalue weighted by atomic mass is 10.1. The van der Waals surface area contributed by atoms with Crippen molar-refractivity contribution in [3.05, 3.63) is 35.4 Å². The van der Waals surface area contributed by atoms with E-state index in [2.05, 4.69) is 26.0 Å². The van der Waals surface area contributed by atoms with Crippen LogP contribution in [0.5, 0.6) is 0 Å². The molecule has 3 nitrogen and oxygen atoms in total. The van der Waals surface area contributed by atoms with Gasteiger partial charge in [-0.25, -0.2) is 0 Å².